The molecule has 0 radical (unpaired) electrons. The highest BCUT2D eigenvalue weighted by atomic mass is 79.9. The van der Waals surface area contributed by atoms with Crippen LogP contribution in [-0.4, -0.2) is 24.2 Å². The van der Waals surface area contributed by atoms with E-state index in [1.807, 2.05) is 30.3 Å². The van der Waals surface area contributed by atoms with E-state index in [4.69, 9.17) is 14.8 Å². The Bertz CT molecular complexity index is 744. The van der Waals surface area contributed by atoms with Crippen molar-refractivity contribution in [1.29, 1.82) is 5.26 Å². The van der Waals surface area contributed by atoms with E-state index in [-0.39, 0.29) is 18.7 Å². The van der Waals surface area contributed by atoms with Gasteiger partial charge < -0.3 is 14.8 Å². The van der Waals surface area contributed by atoms with Crippen molar-refractivity contribution in [3.63, 3.8) is 0 Å². The number of hydrogen-bond donors (Lipinski definition) is 2. The van der Waals surface area contributed by atoms with Crippen LogP contribution in [-0.2, 0) is 4.79 Å². The molecular weight excluding hydrogens is 348 g/mol. The number of hydrogen-bond acceptors (Lipinski definition) is 4. The van der Waals surface area contributed by atoms with E-state index in [9.17, 15) is 4.79 Å². The minimum absolute atomic E-state index is 0.0820. The normalized spacial score (nSPS) is 11.0. The van der Waals surface area contributed by atoms with Gasteiger partial charge in [0, 0.05) is 22.7 Å². The average Bonchev–Trinajstić information content (AvgIpc) is 2.99. The van der Waals surface area contributed by atoms with Crippen molar-refractivity contribution in [2.45, 2.75) is 0 Å². The number of furan rings is 1. The molecule has 0 aliphatic heterocycles. The van der Waals surface area contributed by atoms with Crippen LogP contribution in [0, 0.1) is 11.3 Å². The van der Waals surface area contributed by atoms with E-state index in [0.29, 0.717) is 11.5 Å². The highest BCUT2D eigenvalue weighted by Gasteiger charge is 2.11. The molecule has 0 unspecified atom stereocenters. The van der Waals surface area contributed by atoms with Crippen LogP contribution in [0.25, 0.3) is 17.4 Å². The molecule has 0 aliphatic rings. The Morgan fingerprint density at radius 1 is 1.36 bits per heavy atom. The van der Waals surface area contributed by atoms with Crippen molar-refractivity contribution < 1.29 is 14.3 Å². The Kier molecular flexibility index (Phi) is 5.53. The number of halogens is 1. The second-order valence-corrected chi connectivity index (χ2v) is 5.19. The van der Waals surface area contributed by atoms with Gasteiger partial charge in [-0.2, -0.15) is 5.26 Å². The Hall–Kier alpha value is -2.36. The molecule has 5 nitrogen and oxygen atoms in total. The van der Waals surface area contributed by atoms with Gasteiger partial charge in [-0.25, -0.2) is 0 Å². The topological polar surface area (TPSA) is 86.3 Å². The Labute approximate surface area is 136 Å². The summed E-state index contributed by atoms with van der Waals surface area (Å²) in [4.78, 5) is 11.7. The molecule has 0 spiro atoms. The van der Waals surface area contributed by atoms with Crippen LogP contribution >= 0.6 is 15.9 Å². The summed E-state index contributed by atoms with van der Waals surface area (Å²) in [7, 11) is 0. The smallest absolute Gasteiger partial charge is 0.262 e. The second-order valence-electron chi connectivity index (χ2n) is 4.33. The fourth-order valence-corrected chi connectivity index (χ4v) is 2.27. The van der Waals surface area contributed by atoms with Gasteiger partial charge in [-0.3, -0.25) is 4.79 Å². The molecule has 6 heteroatoms. The first-order valence-corrected chi connectivity index (χ1v) is 7.30. The lowest BCUT2D eigenvalue weighted by molar-refractivity contribution is -0.117. The maximum atomic E-state index is 11.7. The Balaban J connectivity index is 2.24. The van der Waals surface area contributed by atoms with Crippen molar-refractivity contribution in [2.24, 2.45) is 0 Å². The minimum Gasteiger partial charge on any atom is -0.457 e. The van der Waals surface area contributed by atoms with E-state index in [1.165, 1.54) is 6.08 Å². The summed E-state index contributed by atoms with van der Waals surface area (Å²) >= 11 is 3.44. The lowest BCUT2D eigenvalue weighted by Gasteiger charge is -2.01. The Morgan fingerprint density at radius 3 is 2.82 bits per heavy atom. The lowest BCUT2D eigenvalue weighted by atomic mass is 10.2. The summed E-state index contributed by atoms with van der Waals surface area (Å²) in [5, 5.41) is 20.1. The molecule has 2 rings (SSSR count). The monoisotopic (exact) mass is 360 g/mol. The molecule has 2 aromatic rings. The maximum absolute atomic E-state index is 11.7. The lowest BCUT2D eigenvalue weighted by Crippen LogP contribution is -2.27. The van der Waals surface area contributed by atoms with E-state index < -0.39 is 5.91 Å². The van der Waals surface area contributed by atoms with Gasteiger partial charge in [-0.1, -0.05) is 34.1 Å². The fraction of sp³-hybridized carbons (Fsp3) is 0.125. The summed E-state index contributed by atoms with van der Waals surface area (Å²) < 4.78 is 6.54. The van der Waals surface area contributed by atoms with Crippen molar-refractivity contribution in [3.8, 4) is 17.4 Å². The molecule has 0 saturated heterocycles. The summed E-state index contributed by atoms with van der Waals surface area (Å²) in [6.07, 6.45) is 1.37. The largest absolute Gasteiger partial charge is 0.457 e. The third kappa shape index (κ3) is 3.85. The number of carbonyl (C=O) groups is 1. The van der Waals surface area contributed by atoms with Gasteiger partial charge in [0.05, 0.1) is 6.61 Å². The number of aliphatic hydroxyl groups excluding tert-OH is 1. The summed E-state index contributed by atoms with van der Waals surface area (Å²) in [5.41, 5.74) is 0.798. The number of nitrogens with one attached hydrogen (secondary N) is 1. The molecule has 22 heavy (non-hydrogen) atoms. The first-order chi connectivity index (χ1) is 10.7. The quantitative estimate of drug-likeness (QED) is 0.633. The zero-order valence-corrected chi connectivity index (χ0v) is 13.1. The zero-order valence-electron chi connectivity index (χ0n) is 11.5. The van der Waals surface area contributed by atoms with Gasteiger partial charge >= 0.3 is 0 Å². The number of rotatable bonds is 5. The van der Waals surface area contributed by atoms with Gasteiger partial charge in [0.1, 0.15) is 23.2 Å². The highest BCUT2D eigenvalue weighted by Crippen LogP contribution is 2.29. The number of amides is 1. The van der Waals surface area contributed by atoms with Gasteiger partial charge in [0.2, 0.25) is 0 Å². The van der Waals surface area contributed by atoms with Crippen LogP contribution in [0.2, 0.25) is 0 Å². The van der Waals surface area contributed by atoms with Crippen LogP contribution in [0.4, 0.5) is 0 Å². The first-order valence-electron chi connectivity index (χ1n) is 6.51. The molecule has 0 aliphatic carbocycles. The fourth-order valence-electron chi connectivity index (χ4n) is 1.79. The number of carbonyl (C=O) groups excluding carboxylic acids is 1. The zero-order chi connectivity index (χ0) is 15.9. The molecule has 1 heterocycles. The van der Waals surface area contributed by atoms with Gasteiger partial charge in [0.25, 0.3) is 5.91 Å². The van der Waals surface area contributed by atoms with Crippen molar-refractivity contribution in [1.82, 2.24) is 5.32 Å². The third-order valence-corrected chi connectivity index (χ3v) is 3.51. The number of benzene rings is 1. The average molecular weight is 361 g/mol. The van der Waals surface area contributed by atoms with E-state index in [0.717, 1.165) is 10.0 Å². The van der Waals surface area contributed by atoms with Gasteiger partial charge in [-0.05, 0) is 18.2 Å². The molecule has 0 fully saturated rings. The predicted octanol–water partition coefficient (Wildman–Crippen LogP) is 2.72. The standard InChI is InChI=1S/C16H13BrN2O3/c17-14-4-2-1-3-13(14)15-6-5-12(22-15)9-11(10-18)16(21)19-7-8-20/h1-6,9,20H,7-8H2,(H,19,21). The third-order valence-electron chi connectivity index (χ3n) is 2.82. The van der Waals surface area contributed by atoms with Crippen LogP contribution in [0.5, 0.6) is 0 Å². The number of nitriles is 1. The van der Waals surface area contributed by atoms with Crippen LogP contribution in [0.15, 0.2) is 50.9 Å². The molecule has 1 aromatic carbocycles. The van der Waals surface area contributed by atoms with E-state index in [1.54, 1.807) is 12.1 Å². The Morgan fingerprint density at radius 2 is 2.14 bits per heavy atom. The van der Waals surface area contributed by atoms with Gasteiger partial charge in [-0.15, -0.1) is 0 Å². The molecule has 0 bridgehead atoms. The number of nitrogens with zero attached hydrogens (tertiary/aromatic N) is 1. The van der Waals surface area contributed by atoms with Crippen LogP contribution < -0.4 is 5.32 Å². The molecule has 112 valence electrons. The molecule has 0 atom stereocenters. The molecular formula is C16H13BrN2O3. The minimum atomic E-state index is -0.546. The van der Waals surface area contributed by atoms with Crippen molar-refractivity contribution in [3.05, 3.63) is 52.2 Å². The van der Waals surface area contributed by atoms with Gasteiger partial charge in [0.15, 0.2) is 0 Å². The predicted molar refractivity (Wildman–Crippen MR) is 85.5 cm³/mol. The second kappa shape index (κ2) is 7.59. The molecule has 0 saturated carbocycles. The first kappa shape index (κ1) is 16.0. The molecule has 1 aromatic heterocycles. The van der Waals surface area contributed by atoms with Crippen LogP contribution in [0.1, 0.15) is 5.76 Å². The van der Waals surface area contributed by atoms with Crippen molar-refractivity contribution >= 4 is 27.9 Å². The van der Waals surface area contributed by atoms with Crippen molar-refractivity contribution in [2.75, 3.05) is 13.2 Å². The van der Waals surface area contributed by atoms with E-state index >= 15 is 0 Å². The summed E-state index contributed by atoms with van der Waals surface area (Å²) in [6, 6.07) is 12.9. The molecule has 2 N–H and O–H groups in total. The SMILES string of the molecule is N#CC(=Cc1ccc(-c2ccccc2Br)o1)C(=O)NCCO. The molecule has 1 amide bonds. The van der Waals surface area contributed by atoms with E-state index in [2.05, 4.69) is 21.2 Å². The summed E-state index contributed by atoms with van der Waals surface area (Å²) in [6.45, 7) is -0.0877. The number of aliphatic hydroxyl groups is 1. The maximum Gasteiger partial charge on any atom is 0.262 e. The summed E-state index contributed by atoms with van der Waals surface area (Å²) in [5.74, 6) is 0.489. The van der Waals surface area contributed by atoms with Crippen LogP contribution in [0.3, 0.4) is 0 Å². The highest BCUT2D eigenvalue weighted by molar-refractivity contribution is 9.10.